The highest BCUT2D eigenvalue weighted by Crippen LogP contribution is 2.37. The normalized spacial score (nSPS) is 18.8. The molecule has 0 unspecified atom stereocenters. The Labute approximate surface area is 110 Å². The first-order valence-corrected chi connectivity index (χ1v) is 6.23. The minimum absolute atomic E-state index is 0.00287. The Hall–Kier alpha value is -1.27. The minimum Gasteiger partial charge on any atom is -0.505 e. The van der Waals surface area contributed by atoms with Gasteiger partial charge < -0.3 is 10.4 Å². The van der Waals surface area contributed by atoms with Crippen LogP contribution in [0.5, 0.6) is 5.75 Å². The first kappa shape index (κ1) is 14.1. The lowest BCUT2D eigenvalue weighted by Crippen LogP contribution is -2.47. The molecule has 1 saturated heterocycles. The van der Waals surface area contributed by atoms with Crippen molar-refractivity contribution >= 4 is 0 Å². The van der Waals surface area contributed by atoms with Crippen LogP contribution < -0.4 is 5.32 Å². The second kappa shape index (κ2) is 5.79. The van der Waals surface area contributed by atoms with Crippen molar-refractivity contribution in [2.75, 3.05) is 26.2 Å². The largest absolute Gasteiger partial charge is 0.505 e. The summed E-state index contributed by atoms with van der Waals surface area (Å²) >= 11 is 0. The van der Waals surface area contributed by atoms with E-state index in [1.165, 1.54) is 6.07 Å². The summed E-state index contributed by atoms with van der Waals surface area (Å²) in [5.41, 5.74) is 0.472. The maximum atomic E-state index is 13.4. The van der Waals surface area contributed by atoms with Crippen LogP contribution >= 0.6 is 0 Å². The Balaban J connectivity index is 2.41. The topological polar surface area (TPSA) is 35.5 Å². The van der Waals surface area contributed by atoms with Gasteiger partial charge in [-0.3, -0.25) is 4.90 Å². The van der Waals surface area contributed by atoms with Crippen molar-refractivity contribution in [1.29, 1.82) is 0 Å². The average Bonchev–Trinajstić information content (AvgIpc) is 2.39. The van der Waals surface area contributed by atoms with E-state index < -0.39 is 24.0 Å². The van der Waals surface area contributed by atoms with Gasteiger partial charge in [0, 0.05) is 31.7 Å². The molecule has 2 rings (SSSR count). The number of nitrogens with one attached hydrogen (secondary N) is 1. The zero-order valence-electron chi connectivity index (χ0n) is 10.7. The van der Waals surface area contributed by atoms with E-state index in [0.717, 1.165) is 6.07 Å². The summed E-state index contributed by atoms with van der Waals surface area (Å²) in [6.07, 6.45) is -2.68. The van der Waals surface area contributed by atoms with Gasteiger partial charge in [0.25, 0.3) is 6.43 Å². The van der Waals surface area contributed by atoms with Crippen LogP contribution in [0.4, 0.5) is 13.2 Å². The molecule has 1 aromatic carbocycles. The Morgan fingerprint density at radius 1 is 1.26 bits per heavy atom. The number of rotatable bonds is 3. The minimum atomic E-state index is -2.68. The van der Waals surface area contributed by atoms with Crippen molar-refractivity contribution < 1.29 is 18.3 Å². The Kier molecular flexibility index (Phi) is 4.31. The zero-order valence-corrected chi connectivity index (χ0v) is 10.7. The standard InChI is InChI=1S/C13H17F3N2O/c1-8-2-3-9(14)12(19)10(8)11(13(15)16)18-6-4-17-5-7-18/h2-3,11,13,17,19H,4-7H2,1H3/t11-/m0/s1. The van der Waals surface area contributed by atoms with Crippen LogP contribution in [0.1, 0.15) is 17.2 Å². The first-order valence-electron chi connectivity index (χ1n) is 6.23. The van der Waals surface area contributed by atoms with E-state index in [9.17, 15) is 18.3 Å². The highest BCUT2D eigenvalue weighted by molar-refractivity contribution is 5.42. The second-order valence-corrected chi connectivity index (χ2v) is 4.69. The molecule has 19 heavy (non-hydrogen) atoms. The van der Waals surface area contributed by atoms with Crippen LogP contribution in [0.15, 0.2) is 12.1 Å². The van der Waals surface area contributed by atoms with Crippen LogP contribution in [0.3, 0.4) is 0 Å². The molecule has 1 atom stereocenters. The van der Waals surface area contributed by atoms with E-state index in [1.54, 1.807) is 11.8 Å². The van der Waals surface area contributed by atoms with Gasteiger partial charge in [0.2, 0.25) is 0 Å². The quantitative estimate of drug-likeness (QED) is 0.885. The number of phenols is 1. The molecular formula is C13H17F3N2O. The maximum Gasteiger partial charge on any atom is 0.258 e. The van der Waals surface area contributed by atoms with E-state index in [1.807, 2.05) is 0 Å². The van der Waals surface area contributed by atoms with Gasteiger partial charge in [0.05, 0.1) is 0 Å². The monoisotopic (exact) mass is 274 g/mol. The Bertz CT molecular complexity index is 448. The van der Waals surface area contributed by atoms with E-state index in [0.29, 0.717) is 31.7 Å². The summed E-state index contributed by atoms with van der Waals surface area (Å²) in [5.74, 6) is -1.52. The molecule has 1 aliphatic rings. The van der Waals surface area contributed by atoms with Crippen molar-refractivity contribution in [1.82, 2.24) is 10.2 Å². The van der Waals surface area contributed by atoms with Crippen LogP contribution in [0.25, 0.3) is 0 Å². The molecule has 1 aliphatic heterocycles. The highest BCUT2D eigenvalue weighted by atomic mass is 19.3. The Morgan fingerprint density at radius 2 is 1.89 bits per heavy atom. The lowest BCUT2D eigenvalue weighted by molar-refractivity contribution is 0.0164. The molecule has 2 N–H and O–H groups in total. The molecule has 3 nitrogen and oxygen atoms in total. The van der Waals surface area contributed by atoms with E-state index >= 15 is 0 Å². The molecular weight excluding hydrogens is 257 g/mol. The molecule has 0 aliphatic carbocycles. The van der Waals surface area contributed by atoms with Gasteiger partial charge in [-0.2, -0.15) is 0 Å². The lowest BCUT2D eigenvalue weighted by atomic mass is 9.98. The molecule has 1 heterocycles. The molecule has 0 radical (unpaired) electrons. The fourth-order valence-corrected chi connectivity index (χ4v) is 2.48. The van der Waals surface area contributed by atoms with Crippen LogP contribution in [-0.2, 0) is 0 Å². The maximum absolute atomic E-state index is 13.4. The Morgan fingerprint density at radius 3 is 2.47 bits per heavy atom. The van der Waals surface area contributed by atoms with Crippen LogP contribution in [0, 0.1) is 12.7 Å². The molecule has 6 heteroatoms. The van der Waals surface area contributed by atoms with Crippen molar-refractivity contribution in [2.24, 2.45) is 0 Å². The summed E-state index contributed by atoms with van der Waals surface area (Å²) < 4.78 is 40.2. The SMILES string of the molecule is Cc1ccc(F)c(O)c1[C@@H](C(F)F)N1CCNCC1. The van der Waals surface area contributed by atoms with Gasteiger partial charge in [-0.25, -0.2) is 13.2 Å². The number of nitrogens with zero attached hydrogens (tertiary/aromatic N) is 1. The summed E-state index contributed by atoms with van der Waals surface area (Å²) in [6.45, 7) is 3.72. The number of alkyl halides is 2. The number of aryl methyl sites for hydroxylation is 1. The molecule has 1 fully saturated rings. The third-order valence-electron chi connectivity index (χ3n) is 3.47. The van der Waals surface area contributed by atoms with Crippen LogP contribution in [0.2, 0.25) is 0 Å². The van der Waals surface area contributed by atoms with Crippen LogP contribution in [-0.4, -0.2) is 42.6 Å². The number of aromatic hydroxyl groups is 1. The molecule has 0 saturated carbocycles. The molecule has 0 spiro atoms. The number of halogens is 3. The summed E-state index contributed by atoms with van der Waals surface area (Å²) in [4.78, 5) is 1.59. The predicted molar refractivity (Wildman–Crippen MR) is 66.0 cm³/mol. The number of benzene rings is 1. The van der Waals surface area contributed by atoms with Gasteiger partial charge in [-0.05, 0) is 18.6 Å². The van der Waals surface area contributed by atoms with Gasteiger partial charge in [0.1, 0.15) is 6.04 Å². The number of piperazine rings is 1. The third-order valence-corrected chi connectivity index (χ3v) is 3.47. The van der Waals surface area contributed by atoms with Crippen molar-refractivity contribution in [3.05, 3.63) is 29.1 Å². The fraction of sp³-hybridized carbons (Fsp3) is 0.538. The van der Waals surface area contributed by atoms with Gasteiger partial charge in [-0.1, -0.05) is 6.07 Å². The molecule has 0 aromatic heterocycles. The lowest BCUT2D eigenvalue weighted by Gasteiger charge is -2.35. The van der Waals surface area contributed by atoms with Gasteiger partial charge in [0.15, 0.2) is 11.6 Å². The van der Waals surface area contributed by atoms with E-state index in [4.69, 9.17) is 0 Å². The first-order chi connectivity index (χ1) is 9.02. The van der Waals surface area contributed by atoms with Crippen molar-refractivity contribution in [2.45, 2.75) is 19.4 Å². The molecule has 1 aromatic rings. The molecule has 106 valence electrons. The van der Waals surface area contributed by atoms with E-state index in [-0.39, 0.29) is 5.56 Å². The van der Waals surface area contributed by atoms with E-state index in [2.05, 4.69) is 5.32 Å². The number of hydrogen-bond acceptors (Lipinski definition) is 3. The summed E-state index contributed by atoms with van der Waals surface area (Å²) in [6, 6.07) is 1.24. The second-order valence-electron chi connectivity index (χ2n) is 4.69. The number of phenolic OH excluding ortho intramolecular Hbond substituents is 1. The fourth-order valence-electron chi connectivity index (χ4n) is 2.48. The van der Waals surface area contributed by atoms with Gasteiger partial charge in [-0.15, -0.1) is 0 Å². The predicted octanol–water partition coefficient (Wildman–Crippen LogP) is 2.05. The third kappa shape index (κ3) is 2.84. The molecule has 0 amide bonds. The zero-order chi connectivity index (χ0) is 14.0. The average molecular weight is 274 g/mol. The number of hydrogen-bond donors (Lipinski definition) is 2. The van der Waals surface area contributed by atoms with Crippen molar-refractivity contribution in [3.8, 4) is 5.75 Å². The highest BCUT2D eigenvalue weighted by Gasteiger charge is 2.34. The smallest absolute Gasteiger partial charge is 0.258 e. The van der Waals surface area contributed by atoms with Gasteiger partial charge >= 0.3 is 0 Å². The summed E-state index contributed by atoms with van der Waals surface area (Å²) in [5, 5.41) is 12.9. The summed E-state index contributed by atoms with van der Waals surface area (Å²) in [7, 11) is 0. The van der Waals surface area contributed by atoms with Crippen molar-refractivity contribution in [3.63, 3.8) is 0 Å². The molecule has 0 bridgehead atoms.